The number of amides is 1. The van der Waals surface area contributed by atoms with Crippen molar-refractivity contribution in [2.45, 2.75) is 32.4 Å². The molecule has 0 saturated carbocycles. The molecule has 0 aliphatic carbocycles. The number of carbonyl (C=O) groups is 2. The molecule has 1 aromatic carbocycles. The second-order valence-electron chi connectivity index (χ2n) is 7.46. The second kappa shape index (κ2) is 9.96. The summed E-state index contributed by atoms with van der Waals surface area (Å²) < 4.78 is 0. The predicted molar refractivity (Wildman–Crippen MR) is 114 cm³/mol. The average molecular weight is 417 g/mol. The van der Waals surface area contributed by atoms with Gasteiger partial charge in [-0.2, -0.15) is 0 Å². The van der Waals surface area contributed by atoms with E-state index < -0.39 is 12.0 Å². The van der Waals surface area contributed by atoms with Crippen LogP contribution in [0.5, 0.6) is 0 Å². The average Bonchev–Trinajstić information content (AvgIpc) is 3.16. The van der Waals surface area contributed by atoms with E-state index in [0.717, 1.165) is 43.3 Å². The lowest BCUT2D eigenvalue weighted by molar-refractivity contribution is -0.141. The van der Waals surface area contributed by atoms with E-state index in [2.05, 4.69) is 51.4 Å². The highest BCUT2D eigenvalue weighted by atomic mass is 32.1. The van der Waals surface area contributed by atoms with Gasteiger partial charge in [-0.05, 0) is 19.0 Å². The Morgan fingerprint density at radius 3 is 2.52 bits per heavy atom. The Hall–Kier alpha value is -2.29. The molecule has 1 aliphatic rings. The fourth-order valence-corrected chi connectivity index (χ4v) is 4.11. The molecule has 29 heavy (non-hydrogen) atoms. The number of hydrogen-bond donors (Lipinski definition) is 2. The third-order valence-electron chi connectivity index (χ3n) is 5.14. The van der Waals surface area contributed by atoms with E-state index in [-0.39, 0.29) is 12.3 Å². The minimum Gasteiger partial charge on any atom is -0.480 e. The molecule has 7 nitrogen and oxygen atoms in total. The molecule has 156 valence electrons. The van der Waals surface area contributed by atoms with Gasteiger partial charge in [-0.15, -0.1) is 11.3 Å². The van der Waals surface area contributed by atoms with Crippen LogP contribution in [0.3, 0.4) is 0 Å². The van der Waals surface area contributed by atoms with E-state index in [1.807, 2.05) is 5.38 Å². The van der Waals surface area contributed by atoms with Crippen LogP contribution in [-0.4, -0.2) is 71.0 Å². The van der Waals surface area contributed by atoms with Gasteiger partial charge in [0.05, 0.1) is 12.1 Å². The van der Waals surface area contributed by atoms with Crippen molar-refractivity contribution < 1.29 is 14.7 Å². The lowest BCUT2D eigenvalue weighted by Gasteiger charge is -2.32. The standard InChI is InChI=1S/C21H28N4O3S/c1-3-18(21(27)28)23-19(26)12-17-14-29-20(22-17)16-6-4-15(5-7-16)13-25-10-8-24(2)9-11-25/h4-7,14,18H,3,8-13H2,1-2H3,(H,23,26)(H,27,28). The zero-order valence-corrected chi connectivity index (χ0v) is 17.7. The summed E-state index contributed by atoms with van der Waals surface area (Å²) >= 11 is 1.49. The van der Waals surface area contributed by atoms with Gasteiger partial charge in [-0.25, -0.2) is 9.78 Å². The highest BCUT2D eigenvalue weighted by Gasteiger charge is 2.18. The van der Waals surface area contributed by atoms with Gasteiger partial charge in [0.25, 0.3) is 0 Å². The lowest BCUT2D eigenvalue weighted by Crippen LogP contribution is -2.43. The van der Waals surface area contributed by atoms with Crippen LogP contribution in [0.2, 0.25) is 0 Å². The lowest BCUT2D eigenvalue weighted by atomic mass is 10.1. The van der Waals surface area contributed by atoms with Gasteiger partial charge in [0.2, 0.25) is 5.91 Å². The molecule has 1 unspecified atom stereocenters. The molecule has 1 fully saturated rings. The molecule has 3 rings (SSSR count). The molecular formula is C21H28N4O3S. The minimum atomic E-state index is -1.02. The summed E-state index contributed by atoms with van der Waals surface area (Å²) in [5.41, 5.74) is 2.97. The quantitative estimate of drug-likeness (QED) is 0.685. The largest absolute Gasteiger partial charge is 0.480 e. The Morgan fingerprint density at radius 2 is 1.90 bits per heavy atom. The maximum absolute atomic E-state index is 12.1. The minimum absolute atomic E-state index is 0.0851. The van der Waals surface area contributed by atoms with E-state index in [0.29, 0.717) is 12.1 Å². The van der Waals surface area contributed by atoms with Crippen LogP contribution in [0, 0.1) is 0 Å². The number of nitrogens with one attached hydrogen (secondary N) is 1. The van der Waals surface area contributed by atoms with Crippen LogP contribution < -0.4 is 5.32 Å². The van der Waals surface area contributed by atoms with Crippen LogP contribution in [0.1, 0.15) is 24.6 Å². The molecule has 2 heterocycles. The number of carboxylic acid groups (broad SMARTS) is 1. The molecule has 2 aromatic rings. The molecule has 2 N–H and O–H groups in total. The maximum atomic E-state index is 12.1. The van der Waals surface area contributed by atoms with Crippen molar-refractivity contribution in [1.82, 2.24) is 20.1 Å². The van der Waals surface area contributed by atoms with Gasteiger partial charge in [0, 0.05) is 43.7 Å². The zero-order valence-electron chi connectivity index (χ0n) is 16.9. The van der Waals surface area contributed by atoms with Gasteiger partial charge in [-0.1, -0.05) is 31.2 Å². The van der Waals surface area contributed by atoms with Crippen molar-refractivity contribution in [1.29, 1.82) is 0 Å². The number of carboxylic acids is 1. The number of aliphatic carboxylic acids is 1. The van der Waals surface area contributed by atoms with Crippen molar-refractivity contribution in [2.24, 2.45) is 0 Å². The van der Waals surface area contributed by atoms with E-state index >= 15 is 0 Å². The first-order chi connectivity index (χ1) is 13.9. The third-order valence-corrected chi connectivity index (χ3v) is 6.08. The molecule has 1 saturated heterocycles. The SMILES string of the molecule is CCC(NC(=O)Cc1csc(-c2ccc(CN3CCN(C)CC3)cc2)n1)C(=O)O. The van der Waals surface area contributed by atoms with E-state index in [1.165, 1.54) is 16.9 Å². The fourth-order valence-electron chi connectivity index (χ4n) is 3.29. The molecule has 0 radical (unpaired) electrons. The molecule has 8 heteroatoms. The Labute approximate surface area is 175 Å². The Bertz CT molecular complexity index is 829. The van der Waals surface area contributed by atoms with Crippen molar-refractivity contribution in [2.75, 3.05) is 33.2 Å². The summed E-state index contributed by atoms with van der Waals surface area (Å²) in [7, 11) is 2.16. The topological polar surface area (TPSA) is 85.8 Å². The summed E-state index contributed by atoms with van der Waals surface area (Å²) in [6.45, 7) is 7.10. The molecule has 0 bridgehead atoms. The molecule has 1 aliphatic heterocycles. The molecule has 0 spiro atoms. The van der Waals surface area contributed by atoms with Gasteiger partial charge in [0.15, 0.2) is 0 Å². The Kier molecular flexibility index (Phi) is 7.35. The summed E-state index contributed by atoms with van der Waals surface area (Å²) in [5.74, 6) is -1.34. The van der Waals surface area contributed by atoms with Gasteiger partial charge >= 0.3 is 5.97 Å². The van der Waals surface area contributed by atoms with Crippen LogP contribution in [0.15, 0.2) is 29.6 Å². The number of carbonyl (C=O) groups excluding carboxylic acids is 1. The van der Waals surface area contributed by atoms with E-state index in [1.54, 1.807) is 6.92 Å². The second-order valence-corrected chi connectivity index (χ2v) is 8.32. The monoisotopic (exact) mass is 416 g/mol. The number of benzene rings is 1. The number of piperazine rings is 1. The van der Waals surface area contributed by atoms with Crippen LogP contribution in [-0.2, 0) is 22.6 Å². The smallest absolute Gasteiger partial charge is 0.326 e. The number of hydrogen-bond acceptors (Lipinski definition) is 6. The fraction of sp³-hybridized carbons (Fsp3) is 0.476. The summed E-state index contributed by atoms with van der Waals surface area (Å²) in [5, 5.41) is 14.3. The number of nitrogens with zero attached hydrogens (tertiary/aromatic N) is 3. The van der Waals surface area contributed by atoms with Gasteiger partial charge in [-0.3, -0.25) is 9.69 Å². The first kappa shape index (κ1) is 21.4. The molecular weight excluding hydrogens is 388 g/mol. The van der Waals surface area contributed by atoms with Crippen molar-refractivity contribution in [3.05, 3.63) is 40.9 Å². The first-order valence-electron chi connectivity index (χ1n) is 9.91. The normalized spacial score (nSPS) is 16.5. The highest BCUT2D eigenvalue weighted by Crippen LogP contribution is 2.24. The maximum Gasteiger partial charge on any atom is 0.326 e. The van der Waals surface area contributed by atoms with Crippen molar-refractivity contribution in [3.63, 3.8) is 0 Å². The number of likely N-dealkylation sites (N-methyl/N-ethyl adjacent to an activating group) is 1. The Morgan fingerprint density at radius 1 is 1.21 bits per heavy atom. The van der Waals surface area contributed by atoms with E-state index in [4.69, 9.17) is 5.11 Å². The van der Waals surface area contributed by atoms with Crippen molar-refractivity contribution in [3.8, 4) is 10.6 Å². The first-order valence-corrected chi connectivity index (χ1v) is 10.8. The van der Waals surface area contributed by atoms with Gasteiger partial charge in [0.1, 0.15) is 11.0 Å². The van der Waals surface area contributed by atoms with Crippen LogP contribution in [0.4, 0.5) is 0 Å². The van der Waals surface area contributed by atoms with Crippen LogP contribution >= 0.6 is 11.3 Å². The van der Waals surface area contributed by atoms with E-state index in [9.17, 15) is 9.59 Å². The van der Waals surface area contributed by atoms with Gasteiger partial charge < -0.3 is 15.3 Å². The summed E-state index contributed by atoms with van der Waals surface area (Å²) in [6.07, 6.45) is 0.436. The zero-order chi connectivity index (χ0) is 20.8. The number of aromatic nitrogens is 1. The van der Waals surface area contributed by atoms with Crippen molar-refractivity contribution >= 4 is 23.2 Å². The predicted octanol–water partition coefficient (Wildman–Crippen LogP) is 2.08. The summed E-state index contributed by atoms with van der Waals surface area (Å²) in [4.78, 5) is 32.5. The summed E-state index contributed by atoms with van der Waals surface area (Å²) in [6, 6.07) is 7.57. The third kappa shape index (κ3) is 6.09. The Balaban J connectivity index is 1.56. The molecule has 1 amide bonds. The molecule has 1 aromatic heterocycles. The molecule has 1 atom stereocenters. The highest BCUT2D eigenvalue weighted by molar-refractivity contribution is 7.13. The number of thiazole rings is 1. The van der Waals surface area contributed by atoms with Crippen LogP contribution in [0.25, 0.3) is 10.6 Å². The number of rotatable bonds is 8.